The fraction of sp³-hybridized carbons (Fsp3) is 0.333. The van der Waals surface area contributed by atoms with Crippen LogP contribution in [0.4, 0.5) is 0 Å². The molecule has 4 heterocycles. The molecule has 1 saturated heterocycles. The number of aryl methyl sites for hydroxylation is 1. The molecule has 30 heavy (non-hydrogen) atoms. The highest BCUT2D eigenvalue weighted by molar-refractivity contribution is 7.80. The highest BCUT2D eigenvalue weighted by Gasteiger charge is 2.30. The van der Waals surface area contributed by atoms with Gasteiger partial charge in [-0.15, -0.1) is 12.6 Å². The van der Waals surface area contributed by atoms with Gasteiger partial charge in [0.25, 0.3) is 0 Å². The van der Waals surface area contributed by atoms with Crippen molar-refractivity contribution < 1.29 is 0 Å². The van der Waals surface area contributed by atoms with Crippen LogP contribution >= 0.6 is 12.6 Å². The Morgan fingerprint density at radius 1 is 1.20 bits per heavy atom. The van der Waals surface area contributed by atoms with Crippen LogP contribution in [0.2, 0.25) is 0 Å². The number of nitrogens with zero attached hydrogens (tertiary/aromatic N) is 3. The molecule has 1 atom stereocenters. The van der Waals surface area contributed by atoms with Crippen LogP contribution in [0.1, 0.15) is 25.8 Å². The van der Waals surface area contributed by atoms with Crippen LogP contribution in [-0.4, -0.2) is 31.8 Å². The summed E-state index contributed by atoms with van der Waals surface area (Å²) >= 11 is 4.15. The van der Waals surface area contributed by atoms with E-state index in [0.29, 0.717) is 5.92 Å². The van der Waals surface area contributed by atoms with Gasteiger partial charge in [0, 0.05) is 41.5 Å². The lowest BCUT2D eigenvalue weighted by molar-refractivity contribution is 0.421. The third-order valence-electron chi connectivity index (χ3n) is 5.54. The van der Waals surface area contributed by atoms with Gasteiger partial charge in [0.2, 0.25) is 0 Å². The summed E-state index contributed by atoms with van der Waals surface area (Å²) in [6, 6.07) is 14.4. The van der Waals surface area contributed by atoms with Crippen molar-refractivity contribution in [3.63, 3.8) is 0 Å². The maximum Gasteiger partial charge on any atom is 0.0888 e. The van der Waals surface area contributed by atoms with Crippen LogP contribution in [0.3, 0.4) is 0 Å². The number of aromatic amines is 1. The molecule has 1 aliphatic rings. The van der Waals surface area contributed by atoms with Gasteiger partial charge < -0.3 is 9.88 Å². The van der Waals surface area contributed by atoms with Crippen LogP contribution in [0.25, 0.3) is 22.3 Å². The molecule has 4 aromatic rings. The molecule has 1 aromatic carbocycles. The highest BCUT2D eigenvalue weighted by atomic mass is 32.1. The van der Waals surface area contributed by atoms with Crippen molar-refractivity contribution in [2.45, 2.75) is 44.2 Å². The van der Waals surface area contributed by atoms with Crippen LogP contribution in [0.5, 0.6) is 0 Å². The van der Waals surface area contributed by atoms with Crippen molar-refractivity contribution in [3.05, 3.63) is 66.6 Å². The molecule has 6 heteroatoms. The summed E-state index contributed by atoms with van der Waals surface area (Å²) in [6.07, 6.45) is 7.05. The monoisotopic (exact) mass is 419 g/mol. The number of nitrogens with one attached hydrogen (secondary N) is 2. The zero-order chi connectivity index (χ0) is 21.1. The number of hydrogen-bond donors (Lipinski definition) is 3. The Kier molecular flexibility index (Phi) is 5.97. The van der Waals surface area contributed by atoms with Crippen molar-refractivity contribution >= 4 is 23.7 Å². The summed E-state index contributed by atoms with van der Waals surface area (Å²) in [4.78, 5) is 5.78. The Labute approximate surface area is 183 Å². The predicted octanol–water partition coefficient (Wildman–Crippen LogP) is 5.10. The molecule has 0 radical (unpaired) electrons. The van der Waals surface area contributed by atoms with Gasteiger partial charge in [-0.3, -0.25) is 5.10 Å². The van der Waals surface area contributed by atoms with E-state index in [9.17, 15) is 0 Å². The molecule has 0 saturated carbocycles. The van der Waals surface area contributed by atoms with Gasteiger partial charge in [-0.1, -0.05) is 17.7 Å². The van der Waals surface area contributed by atoms with E-state index in [0.717, 1.165) is 34.8 Å². The van der Waals surface area contributed by atoms with E-state index < -0.39 is 0 Å². The topological polar surface area (TPSA) is 58.5 Å². The first-order valence-electron chi connectivity index (χ1n) is 10.4. The molecule has 1 unspecified atom stereocenters. The summed E-state index contributed by atoms with van der Waals surface area (Å²) in [5.41, 5.74) is 5.76. The Balaban J connectivity index is 0.000000230. The minimum atomic E-state index is 0.264. The second-order valence-electron chi connectivity index (χ2n) is 8.73. The third kappa shape index (κ3) is 4.94. The van der Waals surface area contributed by atoms with Crippen molar-refractivity contribution in [2.75, 3.05) is 6.54 Å². The Morgan fingerprint density at radius 3 is 2.70 bits per heavy atom. The molecule has 5 nitrogen and oxygen atoms in total. The van der Waals surface area contributed by atoms with Gasteiger partial charge >= 0.3 is 0 Å². The largest absolute Gasteiger partial charge is 0.346 e. The first kappa shape index (κ1) is 20.7. The average Bonchev–Trinajstić information content (AvgIpc) is 3.43. The molecule has 0 bridgehead atoms. The van der Waals surface area contributed by atoms with Crippen LogP contribution in [0.15, 0.2) is 66.0 Å². The normalized spacial score (nSPS) is 17.7. The Morgan fingerprint density at radius 2 is 2.07 bits per heavy atom. The number of aromatic nitrogens is 4. The first-order chi connectivity index (χ1) is 14.4. The van der Waals surface area contributed by atoms with Gasteiger partial charge in [-0.2, -0.15) is 5.10 Å². The fourth-order valence-corrected chi connectivity index (χ4v) is 4.40. The number of hydrogen-bond acceptors (Lipinski definition) is 4. The molecule has 5 rings (SSSR count). The third-order valence-corrected chi connectivity index (χ3v) is 5.82. The van der Waals surface area contributed by atoms with Gasteiger partial charge in [-0.25, -0.2) is 4.98 Å². The summed E-state index contributed by atoms with van der Waals surface area (Å²) in [7, 11) is 0. The van der Waals surface area contributed by atoms with E-state index in [4.69, 9.17) is 4.98 Å². The van der Waals surface area contributed by atoms with E-state index in [2.05, 4.69) is 83.9 Å². The minimum Gasteiger partial charge on any atom is -0.346 e. The SMILES string of the molecule is CC1(C)CC(Cn2ccc3nc(-c4cn[nH]c4)ccc32)CN1.Cc1cccc(S)c1. The van der Waals surface area contributed by atoms with E-state index in [1.165, 1.54) is 17.5 Å². The standard InChI is InChI=1S/C17H21N5.C7H8S/c1-17(2)7-12(8-18-17)11-22-6-5-15-16(22)4-3-14(21-15)13-9-19-20-10-13;1-6-3-2-4-7(8)5-6/h3-6,9-10,12,18H,7-8,11H2,1-2H3,(H,19,20);2-5,8H,1H3. The molecule has 2 N–H and O–H groups in total. The lowest BCUT2D eigenvalue weighted by Gasteiger charge is -2.17. The van der Waals surface area contributed by atoms with Gasteiger partial charge in [-0.05, 0) is 63.4 Å². The number of rotatable bonds is 3. The summed E-state index contributed by atoms with van der Waals surface area (Å²) in [5, 5.41) is 10.4. The Bertz CT molecular complexity index is 1100. The molecule has 0 aliphatic carbocycles. The second-order valence-corrected chi connectivity index (χ2v) is 9.25. The Hall–Kier alpha value is -2.57. The lowest BCUT2D eigenvalue weighted by Crippen LogP contribution is -2.31. The summed E-state index contributed by atoms with van der Waals surface area (Å²) in [5.74, 6) is 0.680. The highest BCUT2D eigenvalue weighted by Crippen LogP contribution is 2.27. The second kappa shape index (κ2) is 8.66. The van der Waals surface area contributed by atoms with Gasteiger partial charge in [0.05, 0.1) is 22.9 Å². The van der Waals surface area contributed by atoms with Crippen molar-refractivity contribution in [3.8, 4) is 11.3 Å². The van der Waals surface area contributed by atoms with Crippen LogP contribution in [-0.2, 0) is 6.54 Å². The average molecular weight is 420 g/mol. The maximum atomic E-state index is 4.75. The molecule has 0 amide bonds. The van der Waals surface area contributed by atoms with E-state index in [1.54, 1.807) is 6.20 Å². The van der Waals surface area contributed by atoms with E-state index >= 15 is 0 Å². The summed E-state index contributed by atoms with van der Waals surface area (Å²) < 4.78 is 2.33. The molecular formula is C24H29N5S. The van der Waals surface area contributed by atoms with E-state index in [1.807, 2.05) is 24.4 Å². The lowest BCUT2D eigenvalue weighted by atomic mass is 9.97. The smallest absolute Gasteiger partial charge is 0.0888 e. The van der Waals surface area contributed by atoms with Crippen LogP contribution in [0, 0.1) is 12.8 Å². The quantitative estimate of drug-likeness (QED) is 0.405. The van der Waals surface area contributed by atoms with E-state index in [-0.39, 0.29) is 5.54 Å². The molecule has 1 fully saturated rings. The zero-order valence-electron chi connectivity index (χ0n) is 17.8. The van der Waals surface area contributed by atoms with Crippen molar-refractivity contribution in [1.82, 2.24) is 25.1 Å². The number of thiol groups is 1. The number of H-pyrrole nitrogens is 1. The minimum absolute atomic E-state index is 0.264. The molecule has 3 aromatic heterocycles. The van der Waals surface area contributed by atoms with Gasteiger partial charge in [0.1, 0.15) is 0 Å². The van der Waals surface area contributed by atoms with Gasteiger partial charge in [0.15, 0.2) is 0 Å². The van der Waals surface area contributed by atoms with Crippen molar-refractivity contribution in [2.24, 2.45) is 5.92 Å². The molecule has 156 valence electrons. The molecule has 1 aliphatic heterocycles. The number of fused-ring (bicyclic) bond motifs is 1. The molecule has 0 spiro atoms. The fourth-order valence-electron chi connectivity index (χ4n) is 4.11. The molecular weight excluding hydrogens is 390 g/mol. The van der Waals surface area contributed by atoms with Crippen molar-refractivity contribution in [1.29, 1.82) is 0 Å². The zero-order valence-corrected chi connectivity index (χ0v) is 18.7. The first-order valence-corrected chi connectivity index (χ1v) is 10.8. The summed E-state index contributed by atoms with van der Waals surface area (Å²) in [6.45, 7) is 8.75. The van der Waals surface area contributed by atoms with Crippen LogP contribution < -0.4 is 5.32 Å². The number of pyridine rings is 1. The maximum absolute atomic E-state index is 4.75. The predicted molar refractivity (Wildman–Crippen MR) is 126 cm³/mol. The number of benzene rings is 1.